The summed E-state index contributed by atoms with van der Waals surface area (Å²) in [5.74, 6) is 0.487. The van der Waals surface area contributed by atoms with Gasteiger partial charge in [-0.1, -0.05) is 23.9 Å². The Morgan fingerprint density at radius 2 is 2.29 bits per heavy atom. The molecule has 0 bridgehead atoms. The number of hydrogen-bond donors (Lipinski definition) is 0. The SMILES string of the molecule is CC(=O)CSc1nnnn1-c1cccc(C)c1. The first-order valence-corrected chi connectivity index (χ1v) is 6.13. The van der Waals surface area contributed by atoms with Gasteiger partial charge in [0.1, 0.15) is 5.78 Å². The molecule has 0 fully saturated rings. The zero-order valence-corrected chi connectivity index (χ0v) is 10.4. The molecular formula is C11H12N4OS. The molecule has 1 aromatic carbocycles. The van der Waals surface area contributed by atoms with Gasteiger partial charge >= 0.3 is 0 Å². The highest BCUT2D eigenvalue weighted by molar-refractivity contribution is 7.99. The smallest absolute Gasteiger partial charge is 0.214 e. The van der Waals surface area contributed by atoms with E-state index in [2.05, 4.69) is 15.5 Å². The highest BCUT2D eigenvalue weighted by atomic mass is 32.2. The number of aromatic nitrogens is 4. The predicted octanol–water partition coefficient (Wildman–Crippen LogP) is 1.65. The number of thioether (sulfide) groups is 1. The van der Waals surface area contributed by atoms with Crippen molar-refractivity contribution >= 4 is 17.5 Å². The minimum Gasteiger partial charge on any atom is -0.299 e. The van der Waals surface area contributed by atoms with E-state index < -0.39 is 0 Å². The minimum absolute atomic E-state index is 0.105. The van der Waals surface area contributed by atoms with Gasteiger partial charge in [-0.15, -0.1) is 5.10 Å². The quantitative estimate of drug-likeness (QED) is 0.770. The van der Waals surface area contributed by atoms with Crippen molar-refractivity contribution in [2.45, 2.75) is 19.0 Å². The van der Waals surface area contributed by atoms with E-state index >= 15 is 0 Å². The zero-order chi connectivity index (χ0) is 12.3. The van der Waals surface area contributed by atoms with E-state index in [0.29, 0.717) is 10.9 Å². The van der Waals surface area contributed by atoms with E-state index in [-0.39, 0.29) is 5.78 Å². The summed E-state index contributed by atoms with van der Waals surface area (Å²) in [6, 6.07) is 7.89. The number of carbonyl (C=O) groups excluding carboxylic acids is 1. The first kappa shape index (κ1) is 11.8. The largest absolute Gasteiger partial charge is 0.299 e. The monoisotopic (exact) mass is 248 g/mol. The number of aryl methyl sites for hydroxylation is 1. The van der Waals surface area contributed by atoms with Crippen LogP contribution in [0.3, 0.4) is 0 Å². The summed E-state index contributed by atoms with van der Waals surface area (Å²) in [4.78, 5) is 10.9. The molecule has 2 aromatic rings. The van der Waals surface area contributed by atoms with Crippen molar-refractivity contribution < 1.29 is 4.79 Å². The molecule has 1 heterocycles. The second-order valence-corrected chi connectivity index (χ2v) is 4.65. The minimum atomic E-state index is 0.105. The van der Waals surface area contributed by atoms with Crippen LogP contribution in [0.2, 0.25) is 0 Å². The van der Waals surface area contributed by atoms with Crippen LogP contribution in [-0.2, 0) is 4.79 Å². The Morgan fingerprint density at radius 3 is 3.00 bits per heavy atom. The molecule has 0 radical (unpaired) electrons. The molecule has 0 aliphatic rings. The molecular weight excluding hydrogens is 236 g/mol. The third-order valence-corrected chi connectivity index (χ3v) is 3.16. The standard InChI is InChI=1S/C11H12N4OS/c1-8-4-3-5-10(6-8)15-11(12-13-14-15)17-7-9(2)16/h3-6H,7H2,1-2H3. The number of Topliss-reactive ketones (excluding diaryl/α,β-unsaturated/α-hetero) is 1. The van der Waals surface area contributed by atoms with E-state index in [1.807, 2.05) is 31.2 Å². The van der Waals surface area contributed by atoms with E-state index in [1.54, 1.807) is 11.6 Å². The second kappa shape index (κ2) is 5.09. The normalized spacial score (nSPS) is 10.5. The highest BCUT2D eigenvalue weighted by Crippen LogP contribution is 2.18. The average molecular weight is 248 g/mol. The molecule has 0 N–H and O–H groups in total. The molecule has 0 saturated carbocycles. The van der Waals surface area contributed by atoms with Gasteiger partial charge in [-0.25, -0.2) is 0 Å². The molecule has 0 aliphatic heterocycles. The van der Waals surface area contributed by atoms with Crippen LogP contribution in [0.1, 0.15) is 12.5 Å². The van der Waals surface area contributed by atoms with Crippen LogP contribution in [0.5, 0.6) is 0 Å². The summed E-state index contributed by atoms with van der Waals surface area (Å²) in [5.41, 5.74) is 2.04. The van der Waals surface area contributed by atoms with E-state index in [4.69, 9.17) is 0 Å². The molecule has 5 nitrogen and oxygen atoms in total. The lowest BCUT2D eigenvalue weighted by atomic mass is 10.2. The van der Waals surface area contributed by atoms with Crippen LogP contribution in [0.4, 0.5) is 0 Å². The Hall–Kier alpha value is -1.69. The molecule has 0 atom stereocenters. The van der Waals surface area contributed by atoms with Crippen molar-refractivity contribution in [2.75, 3.05) is 5.75 Å². The van der Waals surface area contributed by atoms with Gasteiger partial charge in [-0.05, 0) is 42.0 Å². The Morgan fingerprint density at radius 1 is 1.47 bits per heavy atom. The Bertz CT molecular complexity index is 538. The van der Waals surface area contributed by atoms with Gasteiger partial charge in [0.2, 0.25) is 5.16 Å². The summed E-state index contributed by atoms with van der Waals surface area (Å²) in [6.45, 7) is 3.56. The topological polar surface area (TPSA) is 60.7 Å². The highest BCUT2D eigenvalue weighted by Gasteiger charge is 2.09. The number of hydrogen-bond acceptors (Lipinski definition) is 5. The maximum absolute atomic E-state index is 10.9. The Kier molecular flexibility index (Phi) is 3.53. The molecule has 1 aromatic heterocycles. The van der Waals surface area contributed by atoms with E-state index in [1.165, 1.54) is 11.8 Å². The number of nitrogens with zero attached hydrogens (tertiary/aromatic N) is 4. The van der Waals surface area contributed by atoms with Crippen molar-refractivity contribution in [3.63, 3.8) is 0 Å². The fraction of sp³-hybridized carbons (Fsp3) is 0.273. The molecule has 0 spiro atoms. The zero-order valence-electron chi connectivity index (χ0n) is 9.62. The fourth-order valence-corrected chi connectivity index (χ4v) is 2.05. The van der Waals surface area contributed by atoms with Crippen LogP contribution in [0.25, 0.3) is 5.69 Å². The molecule has 0 unspecified atom stereocenters. The Labute approximate surface area is 103 Å². The lowest BCUT2D eigenvalue weighted by Crippen LogP contribution is -2.01. The molecule has 0 saturated heterocycles. The van der Waals surface area contributed by atoms with Gasteiger partial charge in [0.25, 0.3) is 0 Å². The van der Waals surface area contributed by atoms with Gasteiger partial charge in [-0.2, -0.15) is 4.68 Å². The first-order chi connectivity index (χ1) is 8.16. The second-order valence-electron chi connectivity index (χ2n) is 3.70. The average Bonchev–Trinajstić information content (AvgIpc) is 2.74. The van der Waals surface area contributed by atoms with Gasteiger partial charge in [-0.3, -0.25) is 4.79 Å². The molecule has 6 heteroatoms. The summed E-state index contributed by atoms with van der Waals surface area (Å²) >= 11 is 1.34. The van der Waals surface area contributed by atoms with Crippen LogP contribution >= 0.6 is 11.8 Å². The van der Waals surface area contributed by atoms with Crippen molar-refractivity contribution in [3.05, 3.63) is 29.8 Å². The third-order valence-electron chi connectivity index (χ3n) is 2.09. The van der Waals surface area contributed by atoms with Gasteiger partial charge in [0.15, 0.2) is 0 Å². The summed E-state index contributed by atoms with van der Waals surface area (Å²) in [5, 5.41) is 12.1. The number of carbonyl (C=O) groups is 1. The van der Waals surface area contributed by atoms with Crippen molar-refractivity contribution in [1.82, 2.24) is 20.2 Å². The summed E-state index contributed by atoms with van der Waals surface area (Å²) in [7, 11) is 0. The van der Waals surface area contributed by atoms with Gasteiger partial charge < -0.3 is 0 Å². The number of tetrazole rings is 1. The van der Waals surface area contributed by atoms with Gasteiger partial charge in [0.05, 0.1) is 11.4 Å². The fourth-order valence-electron chi connectivity index (χ4n) is 1.36. The number of rotatable bonds is 4. The van der Waals surface area contributed by atoms with Crippen molar-refractivity contribution in [3.8, 4) is 5.69 Å². The number of ketones is 1. The van der Waals surface area contributed by atoms with Crippen molar-refractivity contribution in [1.29, 1.82) is 0 Å². The molecule has 2 rings (SSSR count). The number of benzene rings is 1. The lowest BCUT2D eigenvalue weighted by molar-refractivity contribution is -0.114. The first-order valence-electron chi connectivity index (χ1n) is 5.14. The maximum Gasteiger partial charge on any atom is 0.214 e. The van der Waals surface area contributed by atoms with Gasteiger partial charge in [0, 0.05) is 0 Å². The molecule has 88 valence electrons. The van der Waals surface area contributed by atoms with E-state index in [9.17, 15) is 4.79 Å². The van der Waals surface area contributed by atoms with Crippen LogP contribution in [0.15, 0.2) is 29.4 Å². The predicted molar refractivity (Wildman–Crippen MR) is 65.3 cm³/mol. The Balaban J connectivity index is 2.27. The molecule has 0 amide bonds. The maximum atomic E-state index is 10.9. The van der Waals surface area contributed by atoms with Crippen LogP contribution < -0.4 is 0 Å². The van der Waals surface area contributed by atoms with Crippen LogP contribution in [-0.4, -0.2) is 31.7 Å². The lowest BCUT2D eigenvalue weighted by Gasteiger charge is -2.03. The molecule has 0 aliphatic carbocycles. The molecule has 17 heavy (non-hydrogen) atoms. The van der Waals surface area contributed by atoms with Crippen LogP contribution in [0, 0.1) is 6.92 Å². The van der Waals surface area contributed by atoms with Crippen molar-refractivity contribution in [2.24, 2.45) is 0 Å². The third kappa shape index (κ3) is 2.91. The van der Waals surface area contributed by atoms with E-state index in [0.717, 1.165) is 11.3 Å². The summed E-state index contributed by atoms with van der Waals surface area (Å²) < 4.78 is 1.64. The summed E-state index contributed by atoms with van der Waals surface area (Å²) in [6.07, 6.45) is 0.